The summed E-state index contributed by atoms with van der Waals surface area (Å²) in [5, 5.41) is 7.58. The summed E-state index contributed by atoms with van der Waals surface area (Å²) in [6, 6.07) is 23.2. The van der Waals surface area contributed by atoms with Crippen molar-refractivity contribution in [2.24, 2.45) is 0 Å². The van der Waals surface area contributed by atoms with Crippen LogP contribution in [0.5, 0.6) is 17.2 Å². The molecule has 0 radical (unpaired) electrons. The van der Waals surface area contributed by atoms with Crippen LogP contribution in [-0.2, 0) is 6.54 Å². The third-order valence-electron chi connectivity index (χ3n) is 6.41. The molecule has 3 aromatic carbocycles. The molecular formula is C29H29N3O4. The molecule has 1 aliphatic heterocycles. The number of hydrogen-bond acceptors (Lipinski definition) is 5. The van der Waals surface area contributed by atoms with Gasteiger partial charge < -0.3 is 19.1 Å². The second kappa shape index (κ2) is 10.2. The van der Waals surface area contributed by atoms with E-state index in [1.807, 2.05) is 77.7 Å². The summed E-state index contributed by atoms with van der Waals surface area (Å²) in [4.78, 5) is 15.5. The SMILES string of the molecule is CCCOc1ccc(C2c3c(-c4ccc(OC)cc4)n[nH]c3C(=O)N2Cc2ccc(OC)cc2)cc1. The molecule has 0 bridgehead atoms. The standard InChI is InChI=1S/C29H29N3O4/c1-4-17-36-24-15-9-21(10-16-24)28-25-26(20-7-13-23(35-3)14-8-20)30-31-27(25)29(33)32(28)18-19-5-11-22(34-2)12-6-19/h5-16,28H,4,17-18H2,1-3H3,(H,30,31). The molecule has 1 aromatic heterocycles. The first kappa shape index (κ1) is 23.5. The Labute approximate surface area is 210 Å². The topological polar surface area (TPSA) is 76.7 Å². The summed E-state index contributed by atoms with van der Waals surface area (Å²) < 4.78 is 16.4. The van der Waals surface area contributed by atoms with Crippen molar-refractivity contribution in [3.8, 4) is 28.5 Å². The molecule has 1 N–H and O–H groups in total. The van der Waals surface area contributed by atoms with E-state index in [1.165, 1.54) is 0 Å². The lowest BCUT2D eigenvalue weighted by molar-refractivity contribution is 0.0730. The largest absolute Gasteiger partial charge is 0.497 e. The van der Waals surface area contributed by atoms with Gasteiger partial charge in [0.15, 0.2) is 0 Å². The number of nitrogens with one attached hydrogen (secondary N) is 1. The van der Waals surface area contributed by atoms with Crippen molar-refractivity contribution in [3.05, 3.63) is 95.2 Å². The lowest BCUT2D eigenvalue weighted by Crippen LogP contribution is -2.29. The minimum Gasteiger partial charge on any atom is -0.497 e. The summed E-state index contributed by atoms with van der Waals surface area (Å²) in [6.07, 6.45) is 0.943. The number of fused-ring (bicyclic) bond motifs is 1. The second-order valence-corrected chi connectivity index (χ2v) is 8.69. The van der Waals surface area contributed by atoms with Crippen LogP contribution < -0.4 is 14.2 Å². The number of methoxy groups -OCH3 is 2. The van der Waals surface area contributed by atoms with E-state index in [-0.39, 0.29) is 11.9 Å². The average molecular weight is 484 g/mol. The molecule has 7 heteroatoms. The number of amides is 1. The van der Waals surface area contributed by atoms with Gasteiger partial charge in [-0.25, -0.2) is 0 Å². The molecule has 5 rings (SSSR count). The van der Waals surface area contributed by atoms with E-state index in [9.17, 15) is 4.79 Å². The van der Waals surface area contributed by atoms with E-state index in [0.717, 1.165) is 51.6 Å². The van der Waals surface area contributed by atoms with Gasteiger partial charge in [0.25, 0.3) is 5.91 Å². The van der Waals surface area contributed by atoms with Crippen LogP contribution in [0.15, 0.2) is 72.8 Å². The van der Waals surface area contributed by atoms with Crippen molar-refractivity contribution in [1.82, 2.24) is 15.1 Å². The maximum atomic E-state index is 13.6. The van der Waals surface area contributed by atoms with Gasteiger partial charge >= 0.3 is 0 Å². The number of aromatic amines is 1. The molecule has 0 fully saturated rings. The number of H-pyrrole nitrogens is 1. The van der Waals surface area contributed by atoms with Gasteiger partial charge in [-0.2, -0.15) is 5.10 Å². The van der Waals surface area contributed by atoms with Crippen LogP contribution in [0.1, 0.15) is 46.6 Å². The minimum atomic E-state index is -0.300. The second-order valence-electron chi connectivity index (χ2n) is 8.69. The predicted molar refractivity (Wildman–Crippen MR) is 138 cm³/mol. The van der Waals surface area contributed by atoms with Gasteiger partial charge in [-0.15, -0.1) is 0 Å². The maximum Gasteiger partial charge on any atom is 0.273 e. The van der Waals surface area contributed by atoms with Crippen molar-refractivity contribution < 1.29 is 19.0 Å². The number of carbonyl (C=O) groups is 1. The van der Waals surface area contributed by atoms with E-state index < -0.39 is 0 Å². The van der Waals surface area contributed by atoms with E-state index in [0.29, 0.717) is 18.8 Å². The number of hydrogen-bond donors (Lipinski definition) is 1. The van der Waals surface area contributed by atoms with Crippen LogP contribution in [-0.4, -0.2) is 41.8 Å². The highest BCUT2D eigenvalue weighted by atomic mass is 16.5. The van der Waals surface area contributed by atoms with Gasteiger partial charge in [-0.05, 0) is 66.1 Å². The van der Waals surface area contributed by atoms with Crippen LogP contribution in [0, 0.1) is 0 Å². The van der Waals surface area contributed by atoms with Gasteiger partial charge in [0.1, 0.15) is 22.9 Å². The van der Waals surface area contributed by atoms with Crippen LogP contribution in [0.2, 0.25) is 0 Å². The third-order valence-corrected chi connectivity index (χ3v) is 6.41. The highest BCUT2D eigenvalue weighted by molar-refractivity contribution is 6.00. The molecule has 1 atom stereocenters. The maximum absolute atomic E-state index is 13.6. The summed E-state index contributed by atoms with van der Waals surface area (Å²) in [6.45, 7) is 3.20. The lowest BCUT2D eigenvalue weighted by Gasteiger charge is -2.27. The van der Waals surface area contributed by atoms with E-state index >= 15 is 0 Å². The Morgan fingerprint density at radius 2 is 1.47 bits per heavy atom. The predicted octanol–water partition coefficient (Wildman–Crippen LogP) is 5.63. The Hall–Kier alpha value is -4.26. The number of aromatic nitrogens is 2. The summed E-state index contributed by atoms with van der Waals surface area (Å²) >= 11 is 0. The normalized spacial score (nSPS) is 14.6. The van der Waals surface area contributed by atoms with Gasteiger partial charge in [0.2, 0.25) is 0 Å². The van der Waals surface area contributed by atoms with Crippen molar-refractivity contribution >= 4 is 5.91 Å². The number of benzene rings is 3. The van der Waals surface area contributed by atoms with Crippen LogP contribution in [0.3, 0.4) is 0 Å². The fourth-order valence-electron chi connectivity index (χ4n) is 4.57. The minimum absolute atomic E-state index is 0.0793. The molecule has 36 heavy (non-hydrogen) atoms. The zero-order chi connectivity index (χ0) is 25.1. The summed E-state index contributed by atoms with van der Waals surface area (Å²) in [7, 11) is 3.28. The highest BCUT2D eigenvalue weighted by Gasteiger charge is 2.42. The van der Waals surface area contributed by atoms with E-state index in [4.69, 9.17) is 14.2 Å². The molecule has 0 aliphatic carbocycles. The fourth-order valence-corrected chi connectivity index (χ4v) is 4.57. The molecule has 1 aliphatic rings. The van der Waals surface area contributed by atoms with Crippen LogP contribution >= 0.6 is 0 Å². The monoisotopic (exact) mass is 483 g/mol. The van der Waals surface area contributed by atoms with Crippen molar-refractivity contribution in [2.45, 2.75) is 25.9 Å². The Bertz CT molecular complexity index is 1330. The zero-order valence-corrected chi connectivity index (χ0v) is 20.7. The first-order valence-electron chi connectivity index (χ1n) is 12.0. The van der Waals surface area contributed by atoms with Gasteiger partial charge in [0, 0.05) is 17.7 Å². The summed E-state index contributed by atoms with van der Waals surface area (Å²) in [5.41, 5.74) is 5.08. The van der Waals surface area contributed by atoms with Gasteiger partial charge in [-0.3, -0.25) is 9.89 Å². The Morgan fingerprint density at radius 1 is 0.861 bits per heavy atom. The van der Waals surface area contributed by atoms with Crippen molar-refractivity contribution in [2.75, 3.05) is 20.8 Å². The molecule has 2 heterocycles. The first-order chi connectivity index (χ1) is 17.6. The molecule has 7 nitrogen and oxygen atoms in total. The number of carbonyl (C=O) groups excluding carboxylic acids is 1. The highest BCUT2D eigenvalue weighted by Crippen LogP contribution is 2.44. The number of ether oxygens (including phenoxy) is 3. The van der Waals surface area contributed by atoms with Gasteiger partial charge in [-0.1, -0.05) is 31.2 Å². The fraction of sp³-hybridized carbons (Fsp3) is 0.241. The number of nitrogens with zero attached hydrogens (tertiary/aromatic N) is 2. The Kier molecular flexibility index (Phi) is 6.62. The molecule has 0 saturated heterocycles. The van der Waals surface area contributed by atoms with Crippen LogP contribution in [0.4, 0.5) is 0 Å². The molecular weight excluding hydrogens is 454 g/mol. The summed E-state index contributed by atoms with van der Waals surface area (Å²) in [5.74, 6) is 2.28. The quantitative estimate of drug-likeness (QED) is 0.334. The number of rotatable bonds is 9. The lowest BCUT2D eigenvalue weighted by atomic mass is 9.95. The molecule has 184 valence electrons. The van der Waals surface area contributed by atoms with E-state index in [2.05, 4.69) is 17.1 Å². The van der Waals surface area contributed by atoms with E-state index in [1.54, 1.807) is 14.2 Å². The molecule has 4 aromatic rings. The Balaban J connectivity index is 1.56. The van der Waals surface area contributed by atoms with Crippen molar-refractivity contribution in [1.29, 1.82) is 0 Å². The Morgan fingerprint density at radius 3 is 2.08 bits per heavy atom. The average Bonchev–Trinajstić information content (AvgIpc) is 3.47. The molecule has 1 amide bonds. The van der Waals surface area contributed by atoms with Crippen LogP contribution in [0.25, 0.3) is 11.3 Å². The smallest absolute Gasteiger partial charge is 0.273 e. The first-order valence-corrected chi connectivity index (χ1v) is 12.0. The molecule has 0 saturated carbocycles. The third kappa shape index (κ3) is 4.40. The zero-order valence-electron chi connectivity index (χ0n) is 20.7. The molecule has 1 unspecified atom stereocenters. The molecule has 0 spiro atoms. The van der Waals surface area contributed by atoms with Crippen molar-refractivity contribution in [3.63, 3.8) is 0 Å². The van der Waals surface area contributed by atoms with Gasteiger partial charge in [0.05, 0.1) is 32.6 Å².